The number of imidazole rings is 1. The third-order valence-electron chi connectivity index (χ3n) is 4.77. The van der Waals surface area contributed by atoms with E-state index in [1.807, 2.05) is 0 Å². The molecule has 152 valence electrons. The number of aromatic nitrogens is 4. The van der Waals surface area contributed by atoms with Gasteiger partial charge in [0.25, 0.3) is 5.69 Å². The van der Waals surface area contributed by atoms with Crippen molar-refractivity contribution in [2.24, 2.45) is 0 Å². The number of nitro groups is 1. The summed E-state index contributed by atoms with van der Waals surface area (Å²) in [5.74, 6) is 0.184. The highest BCUT2D eigenvalue weighted by atomic mass is 16.6. The number of hydrogen-bond acceptors (Lipinski definition) is 10. The van der Waals surface area contributed by atoms with Crippen molar-refractivity contribution in [2.75, 3.05) is 12.3 Å². The Morgan fingerprint density at radius 2 is 2.10 bits per heavy atom. The number of fused-ring (bicyclic) bond motifs is 1. The number of nitro benzene ring substituents is 1. The van der Waals surface area contributed by atoms with Crippen LogP contribution in [-0.2, 0) is 16.1 Å². The zero-order valence-electron chi connectivity index (χ0n) is 15.0. The summed E-state index contributed by atoms with van der Waals surface area (Å²) >= 11 is 0. The zero-order valence-corrected chi connectivity index (χ0v) is 15.0. The predicted molar refractivity (Wildman–Crippen MR) is 98.4 cm³/mol. The Labute approximate surface area is 163 Å². The molecule has 0 spiro atoms. The van der Waals surface area contributed by atoms with Crippen LogP contribution in [0.1, 0.15) is 11.8 Å². The van der Waals surface area contributed by atoms with Crippen LogP contribution in [0, 0.1) is 10.1 Å². The molecule has 29 heavy (non-hydrogen) atoms. The Balaban J connectivity index is 1.57. The Hall–Kier alpha value is -3.19. The largest absolute Gasteiger partial charge is 0.394 e. The topological polar surface area (TPSA) is 172 Å². The standard InChI is InChI=1S/C17H18N6O6/c18-15-12-16(20-7-19-15)22(8-21-12)17-13(25)14(11(5-24)29-17)28-6-9-3-1-2-4-10(9)23(26)27/h1-4,7-8,11,13-14,17,24-25H,5-6H2,(H2,18,19,20). The molecule has 1 fully saturated rings. The molecule has 12 nitrogen and oxygen atoms in total. The molecule has 4 unspecified atom stereocenters. The van der Waals surface area contributed by atoms with Crippen molar-refractivity contribution < 1.29 is 24.6 Å². The number of para-hydroxylation sites is 1. The monoisotopic (exact) mass is 402 g/mol. The normalized spacial score (nSPS) is 24.2. The zero-order chi connectivity index (χ0) is 20.5. The number of ether oxygens (including phenoxy) is 2. The van der Waals surface area contributed by atoms with E-state index in [2.05, 4.69) is 15.0 Å². The van der Waals surface area contributed by atoms with Gasteiger partial charge in [0.15, 0.2) is 17.7 Å². The second-order valence-electron chi connectivity index (χ2n) is 6.48. The quantitative estimate of drug-likeness (QED) is 0.381. The fraction of sp³-hybridized carbons (Fsp3) is 0.353. The molecule has 4 N–H and O–H groups in total. The molecule has 1 aliphatic heterocycles. The molecule has 1 saturated heterocycles. The summed E-state index contributed by atoms with van der Waals surface area (Å²) in [4.78, 5) is 22.8. The minimum absolute atomic E-state index is 0.0919. The molecule has 2 aromatic heterocycles. The number of nitrogens with two attached hydrogens (primary N) is 1. The van der Waals surface area contributed by atoms with Crippen LogP contribution < -0.4 is 5.73 Å². The maximum Gasteiger partial charge on any atom is 0.274 e. The Morgan fingerprint density at radius 1 is 1.31 bits per heavy atom. The van der Waals surface area contributed by atoms with Crippen molar-refractivity contribution in [3.8, 4) is 0 Å². The summed E-state index contributed by atoms with van der Waals surface area (Å²) in [7, 11) is 0. The summed E-state index contributed by atoms with van der Waals surface area (Å²) < 4.78 is 13.0. The summed E-state index contributed by atoms with van der Waals surface area (Å²) in [5.41, 5.74) is 6.75. The molecular weight excluding hydrogens is 384 g/mol. The Morgan fingerprint density at radius 3 is 2.86 bits per heavy atom. The molecule has 12 heteroatoms. The molecule has 4 rings (SSSR count). The molecule has 3 heterocycles. The molecule has 4 atom stereocenters. The molecule has 0 saturated carbocycles. The van der Waals surface area contributed by atoms with Crippen LogP contribution in [0.2, 0.25) is 0 Å². The van der Waals surface area contributed by atoms with Gasteiger partial charge in [-0.15, -0.1) is 0 Å². The van der Waals surface area contributed by atoms with Crippen molar-refractivity contribution in [3.05, 3.63) is 52.6 Å². The second-order valence-corrected chi connectivity index (χ2v) is 6.48. The lowest BCUT2D eigenvalue weighted by molar-refractivity contribution is -0.386. The first kappa shape index (κ1) is 19.1. The summed E-state index contributed by atoms with van der Waals surface area (Å²) in [6.07, 6.45) is -1.24. The lowest BCUT2D eigenvalue weighted by Gasteiger charge is -2.20. The minimum Gasteiger partial charge on any atom is -0.394 e. The lowest BCUT2D eigenvalue weighted by Crippen LogP contribution is -2.36. The summed E-state index contributed by atoms with van der Waals surface area (Å²) in [6.45, 7) is -0.551. The van der Waals surface area contributed by atoms with E-state index in [9.17, 15) is 20.3 Å². The van der Waals surface area contributed by atoms with Crippen molar-refractivity contribution in [1.29, 1.82) is 0 Å². The number of anilines is 1. The highest BCUT2D eigenvalue weighted by Crippen LogP contribution is 2.34. The molecule has 0 aliphatic carbocycles. The number of benzene rings is 1. The molecule has 1 aliphatic rings. The number of aliphatic hydroxyl groups excluding tert-OH is 2. The molecule has 0 amide bonds. The maximum atomic E-state index is 11.2. The molecule has 3 aromatic rings. The average molecular weight is 402 g/mol. The molecular formula is C17H18N6O6. The van der Waals surface area contributed by atoms with Crippen LogP contribution in [-0.4, -0.2) is 59.6 Å². The first-order chi connectivity index (χ1) is 14.0. The highest BCUT2D eigenvalue weighted by molar-refractivity contribution is 5.81. The van der Waals surface area contributed by atoms with Gasteiger partial charge in [-0.1, -0.05) is 12.1 Å². The number of aliphatic hydroxyl groups is 2. The van der Waals surface area contributed by atoms with Gasteiger partial charge in [0.05, 0.1) is 30.0 Å². The van der Waals surface area contributed by atoms with Crippen molar-refractivity contribution in [2.45, 2.75) is 31.1 Å². The van der Waals surface area contributed by atoms with Crippen molar-refractivity contribution in [3.63, 3.8) is 0 Å². The fourth-order valence-electron chi connectivity index (χ4n) is 3.36. The first-order valence-corrected chi connectivity index (χ1v) is 8.72. The average Bonchev–Trinajstić information content (AvgIpc) is 3.28. The van der Waals surface area contributed by atoms with E-state index in [1.54, 1.807) is 18.2 Å². The van der Waals surface area contributed by atoms with E-state index in [1.165, 1.54) is 23.3 Å². The highest BCUT2D eigenvalue weighted by Gasteiger charge is 2.46. The van der Waals surface area contributed by atoms with Crippen LogP contribution in [0.5, 0.6) is 0 Å². The van der Waals surface area contributed by atoms with Gasteiger partial charge in [0.2, 0.25) is 0 Å². The Bertz CT molecular complexity index is 1040. The van der Waals surface area contributed by atoms with E-state index in [4.69, 9.17) is 15.2 Å². The molecule has 1 aromatic carbocycles. The first-order valence-electron chi connectivity index (χ1n) is 8.72. The van der Waals surface area contributed by atoms with Crippen LogP contribution in [0.4, 0.5) is 11.5 Å². The van der Waals surface area contributed by atoms with Crippen molar-refractivity contribution in [1.82, 2.24) is 19.5 Å². The fourth-order valence-corrected chi connectivity index (χ4v) is 3.36. The minimum atomic E-state index is -1.19. The van der Waals surface area contributed by atoms with Crippen LogP contribution >= 0.6 is 0 Å². The Kier molecular flexibility index (Phi) is 5.07. The SMILES string of the molecule is Nc1ncnc2c1ncn2C1OC(CO)C(OCc2ccccc2[N+](=O)[O-])C1O. The van der Waals surface area contributed by atoms with E-state index in [0.717, 1.165) is 0 Å². The van der Waals surface area contributed by atoms with Crippen LogP contribution in [0.3, 0.4) is 0 Å². The van der Waals surface area contributed by atoms with Gasteiger partial charge in [-0.25, -0.2) is 15.0 Å². The van der Waals surface area contributed by atoms with Gasteiger partial charge in [-0.3, -0.25) is 14.7 Å². The van der Waals surface area contributed by atoms with E-state index in [0.29, 0.717) is 16.7 Å². The van der Waals surface area contributed by atoms with Gasteiger partial charge in [-0.05, 0) is 6.07 Å². The smallest absolute Gasteiger partial charge is 0.274 e. The van der Waals surface area contributed by atoms with Gasteiger partial charge < -0.3 is 25.4 Å². The van der Waals surface area contributed by atoms with Gasteiger partial charge in [0, 0.05) is 6.07 Å². The number of nitrogen functional groups attached to an aromatic ring is 1. The molecule has 0 radical (unpaired) electrons. The van der Waals surface area contributed by atoms with Gasteiger partial charge in [0.1, 0.15) is 30.2 Å². The third kappa shape index (κ3) is 3.38. The number of hydrogen-bond donors (Lipinski definition) is 3. The number of rotatable bonds is 6. The lowest BCUT2D eigenvalue weighted by atomic mass is 10.1. The second kappa shape index (κ2) is 7.67. The predicted octanol–water partition coefficient (Wildman–Crippen LogP) is 0.153. The molecule has 0 bridgehead atoms. The van der Waals surface area contributed by atoms with Gasteiger partial charge >= 0.3 is 0 Å². The van der Waals surface area contributed by atoms with E-state index >= 15 is 0 Å². The van der Waals surface area contributed by atoms with Crippen LogP contribution in [0.15, 0.2) is 36.9 Å². The van der Waals surface area contributed by atoms with E-state index in [-0.39, 0.29) is 18.1 Å². The van der Waals surface area contributed by atoms with Gasteiger partial charge in [-0.2, -0.15) is 0 Å². The van der Waals surface area contributed by atoms with E-state index < -0.39 is 36.1 Å². The van der Waals surface area contributed by atoms with Crippen molar-refractivity contribution >= 4 is 22.7 Å². The third-order valence-corrected chi connectivity index (χ3v) is 4.77. The summed E-state index contributed by atoms with van der Waals surface area (Å²) in [5, 5.41) is 31.6. The number of nitrogens with zero attached hydrogens (tertiary/aromatic N) is 5. The maximum absolute atomic E-state index is 11.2. The van der Waals surface area contributed by atoms with Crippen LogP contribution in [0.25, 0.3) is 11.2 Å². The summed E-state index contributed by atoms with van der Waals surface area (Å²) in [6, 6.07) is 6.14.